The maximum absolute atomic E-state index is 12.2. The molecule has 0 saturated carbocycles. The van der Waals surface area contributed by atoms with Crippen LogP contribution >= 0.6 is 0 Å². The molecule has 1 saturated heterocycles. The van der Waals surface area contributed by atoms with E-state index in [0.29, 0.717) is 25.4 Å². The Hall–Kier alpha value is -2.86. The summed E-state index contributed by atoms with van der Waals surface area (Å²) >= 11 is 0. The molecule has 2 aromatic rings. The van der Waals surface area contributed by atoms with Gasteiger partial charge in [0.1, 0.15) is 19.3 Å². The summed E-state index contributed by atoms with van der Waals surface area (Å²) in [4.78, 5) is 26.1. The topological polar surface area (TPSA) is 81.9 Å². The molecule has 1 aliphatic rings. The SMILES string of the molecule is N[C@H](CC1CCN(C(=O)OCc2ccccc2)CC1)C(=O)OCc1ccccc1. The Labute approximate surface area is 171 Å². The molecule has 0 radical (unpaired) electrons. The summed E-state index contributed by atoms with van der Waals surface area (Å²) in [6, 6.07) is 18.5. The third-order valence-corrected chi connectivity index (χ3v) is 5.19. The number of amides is 1. The van der Waals surface area contributed by atoms with Crippen molar-refractivity contribution in [3.8, 4) is 0 Å². The van der Waals surface area contributed by atoms with Gasteiger partial charge in [-0.2, -0.15) is 0 Å². The summed E-state index contributed by atoms with van der Waals surface area (Å²) in [5.74, 6) is -0.0778. The summed E-state index contributed by atoms with van der Waals surface area (Å²) in [7, 11) is 0. The van der Waals surface area contributed by atoms with Crippen LogP contribution in [-0.2, 0) is 27.5 Å². The van der Waals surface area contributed by atoms with Crippen molar-refractivity contribution in [2.45, 2.75) is 38.5 Å². The third-order valence-electron chi connectivity index (χ3n) is 5.19. The summed E-state index contributed by atoms with van der Waals surface area (Å²) < 4.78 is 10.7. The Morgan fingerprint density at radius 1 is 0.897 bits per heavy atom. The molecule has 1 heterocycles. The van der Waals surface area contributed by atoms with Crippen LogP contribution in [0.4, 0.5) is 4.79 Å². The van der Waals surface area contributed by atoms with Crippen molar-refractivity contribution in [3.05, 3.63) is 71.8 Å². The number of carbonyl (C=O) groups excluding carboxylic acids is 2. The van der Waals surface area contributed by atoms with Crippen molar-refractivity contribution in [1.29, 1.82) is 0 Å². The van der Waals surface area contributed by atoms with Gasteiger partial charge in [0.2, 0.25) is 0 Å². The highest BCUT2D eigenvalue weighted by molar-refractivity contribution is 5.75. The molecule has 154 valence electrons. The fourth-order valence-corrected chi connectivity index (χ4v) is 3.45. The predicted octanol–water partition coefficient (Wildman–Crippen LogP) is 3.50. The molecule has 0 unspecified atom stereocenters. The zero-order valence-electron chi connectivity index (χ0n) is 16.5. The number of carbonyl (C=O) groups is 2. The van der Waals surface area contributed by atoms with E-state index < -0.39 is 6.04 Å². The summed E-state index contributed by atoms with van der Waals surface area (Å²) in [6.45, 7) is 1.74. The second-order valence-electron chi connectivity index (χ2n) is 7.41. The molecular formula is C23H28N2O4. The van der Waals surface area contributed by atoms with Crippen molar-refractivity contribution in [1.82, 2.24) is 4.90 Å². The third kappa shape index (κ3) is 6.61. The normalized spacial score (nSPS) is 15.6. The van der Waals surface area contributed by atoms with Crippen molar-refractivity contribution < 1.29 is 19.1 Å². The van der Waals surface area contributed by atoms with Crippen LogP contribution in [0.25, 0.3) is 0 Å². The van der Waals surface area contributed by atoms with Crippen LogP contribution < -0.4 is 5.73 Å². The van der Waals surface area contributed by atoms with Crippen LogP contribution in [0.15, 0.2) is 60.7 Å². The minimum atomic E-state index is -0.639. The smallest absolute Gasteiger partial charge is 0.410 e. The van der Waals surface area contributed by atoms with Gasteiger partial charge in [0.15, 0.2) is 0 Å². The highest BCUT2D eigenvalue weighted by atomic mass is 16.6. The molecule has 1 fully saturated rings. The molecule has 2 aromatic carbocycles. The summed E-state index contributed by atoms with van der Waals surface area (Å²) in [5, 5.41) is 0. The minimum Gasteiger partial charge on any atom is -0.460 e. The molecule has 6 nitrogen and oxygen atoms in total. The van der Waals surface area contributed by atoms with Crippen LogP contribution in [0.1, 0.15) is 30.4 Å². The lowest BCUT2D eigenvalue weighted by Gasteiger charge is -2.32. The van der Waals surface area contributed by atoms with E-state index >= 15 is 0 Å². The van der Waals surface area contributed by atoms with Gasteiger partial charge in [0, 0.05) is 13.1 Å². The zero-order chi connectivity index (χ0) is 20.5. The van der Waals surface area contributed by atoms with Gasteiger partial charge in [0.05, 0.1) is 0 Å². The lowest BCUT2D eigenvalue weighted by Crippen LogP contribution is -2.41. The van der Waals surface area contributed by atoms with Gasteiger partial charge in [-0.05, 0) is 36.3 Å². The highest BCUT2D eigenvalue weighted by Gasteiger charge is 2.27. The quantitative estimate of drug-likeness (QED) is 0.725. The van der Waals surface area contributed by atoms with Crippen molar-refractivity contribution >= 4 is 12.1 Å². The number of nitrogens with zero attached hydrogens (tertiary/aromatic N) is 1. The van der Waals surface area contributed by atoms with E-state index in [1.165, 1.54) is 0 Å². The first kappa shape index (κ1) is 20.9. The van der Waals surface area contributed by atoms with Gasteiger partial charge in [-0.15, -0.1) is 0 Å². The average Bonchev–Trinajstić information content (AvgIpc) is 2.77. The van der Waals surface area contributed by atoms with Crippen LogP contribution in [0.3, 0.4) is 0 Å². The number of ether oxygens (including phenoxy) is 2. The fourth-order valence-electron chi connectivity index (χ4n) is 3.45. The standard InChI is InChI=1S/C23H28N2O4/c24-21(22(26)28-16-19-7-3-1-4-8-19)15-18-11-13-25(14-12-18)23(27)29-17-20-9-5-2-6-10-20/h1-10,18,21H,11-17,24H2/t21-/m1/s1. The molecule has 0 aliphatic carbocycles. The molecule has 1 atom stereocenters. The average molecular weight is 396 g/mol. The zero-order valence-corrected chi connectivity index (χ0v) is 16.5. The van der Waals surface area contributed by atoms with E-state index in [2.05, 4.69) is 0 Å². The van der Waals surface area contributed by atoms with Crippen molar-refractivity contribution in [2.24, 2.45) is 11.7 Å². The Bertz CT molecular complexity index is 774. The number of piperidine rings is 1. The number of benzene rings is 2. The van der Waals surface area contributed by atoms with Gasteiger partial charge < -0.3 is 20.1 Å². The lowest BCUT2D eigenvalue weighted by molar-refractivity contribution is -0.147. The molecule has 2 N–H and O–H groups in total. The second kappa shape index (κ2) is 10.6. The second-order valence-corrected chi connectivity index (χ2v) is 7.41. The highest BCUT2D eigenvalue weighted by Crippen LogP contribution is 2.22. The van der Waals surface area contributed by atoms with E-state index in [-0.39, 0.29) is 25.3 Å². The molecule has 0 spiro atoms. The van der Waals surface area contributed by atoms with Gasteiger partial charge in [-0.3, -0.25) is 4.79 Å². The number of rotatable bonds is 7. The lowest BCUT2D eigenvalue weighted by atomic mass is 9.90. The monoisotopic (exact) mass is 396 g/mol. The Balaban J connectivity index is 1.35. The maximum Gasteiger partial charge on any atom is 0.410 e. The summed E-state index contributed by atoms with van der Waals surface area (Å²) in [5.41, 5.74) is 7.95. The number of hydrogen-bond acceptors (Lipinski definition) is 5. The number of nitrogens with two attached hydrogens (primary N) is 1. The minimum absolute atomic E-state index is 0.235. The van der Waals surface area contributed by atoms with E-state index in [4.69, 9.17) is 15.2 Å². The van der Waals surface area contributed by atoms with Crippen molar-refractivity contribution in [3.63, 3.8) is 0 Å². The van der Waals surface area contributed by atoms with Crippen LogP contribution in [-0.4, -0.2) is 36.1 Å². The van der Waals surface area contributed by atoms with Crippen LogP contribution in [0.5, 0.6) is 0 Å². The summed E-state index contributed by atoms with van der Waals surface area (Å²) in [6.07, 6.45) is 1.89. The molecule has 29 heavy (non-hydrogen) atoms. The van der Waals surface area contributed by atoms with Crippen molar-refractivity contribution in [2.75, 3.05) is 13.1 Å². The van der Waals surface area contributed by atoms with Gasteiger partial charge >= 0.3 is 12.1 Å². The van der Waals surface area contributed by atoms with E-state index in [1.807, 2.05) is 60.7 Å². The molecule has 3 rings (SSSR count). The first-order valence-corrected chi connectivity index (χ1v) is 10.0. The molecule has 0 bridgehead atoms. The van der Waals surface area contributed by atoms with E-state index in [1.54, 1.807) is 4.90 Å². The van der Waals surface area contributed by atoms with Crippen LogP contribution in [0.2, 0.25) is 0 Å². The van der Waals surface area contributed by atoms with E-state index in [0.717, 1.165) is 24.0 Å². The Kier molecular flexibility index (Phi) is 7.64. The number of hydrogen-bond donors (Lipinski definition) is 1. The molecule has 1 aliphatic heterocycles. The number of esters is 1. The molecule has 0 aromatic heterocycles. The molecular weight excluding hydrogens is 368 g/mol. The van der Waals surface area contributed by atoms with E-state index in [9.17, 15) is 9.59 Å². The first-order chi connectivity index (χ1) is 14.1. The molecule has 1 amide bonds. The number of likely N-dealkylation sites (tertiary alicyclic amines) is 1. The van der Waals surface area contributed by atoms with Gasteiger partial charge in [-0.25, -0.2) is 4.79 Å². The Morgan fingerprint density at radius 2 is 1.41 bits per heavy atom. The maximum atomic E-state index is 12.2. The Morgan fingerprint density at radius 3 is 1.97 bits per heavy atom. The van der Waals surface area contributed by atoms with Crippen LogP contribution in [0, 0.1) is 5.92 Å². The van der Waals surface area contributed by atoms with Gasteiger partial charge in [0.25, 0.3) is 0 Å². The largest absolute Gasteiger partial charge is 0.460 e. The van der Waals surface area contributed by atoms with Gasteiger partial charge in [-0.1, -0.05) is 60.7 Å². The predicted molar refractivity (Wildman–Crippen MR) is 110 cm³/mol. The first-order valence-electron chi connectivity index (χ1n) is 10.0. The fraction of sp³-hybridized carbons (Fsp3) is 0.391. The molecule has 6 heteroatoms.